The maximum Gasteiger partial charge on any atom is 0.321 e. The lowest BCUT2D eigenvalue weighted by Gasteiger charge is -2.33. The summed E-state index contributed by atoms with van der Waals surface area (Å²) in [6.07, 6.45) is 5.34. The molecule has 0 spiro atoms. The maximum atomic E-state index is 12.3. The van der Waals surface area contributed by atoms with E-state index in [1.54, 1.807) is 6.26 Å². The number of nitrogens with zero attached hydrogens (tertiary/aromatic N) is 2. The number of nitrogens with one attached hydrogen (secondary N) is 2. The van der Waals surface area contributed by atoms with Gasteiger partial charge in [-0.1, -0.05) is 29.9 Å². The second-order valence-corrected chi connectivity index (χ2v) is 7.48. The van der Waals surface area contributed by atoms with Gasteiger partial charge in [0.25, 0.3) is 0 Å². The number of amides is 2. The van der Waals surface area contributed by atoms with Gasteiger partial charge in [-0.05, 0) is 50.2 Å². The van der Waals surface area contributed by atoms with Gasteiger partial charge in [0.15, 0.2) is 5.13 Å². The molecule has 6 nitrogen and oxygen atoms in total. The zero-order chi connectivity index (χ0) is 17.8. The molecule has 1 atom stereocenters. The molecule has 2 amide bonds. The van der Waals surface area contributed by atoms with Crippen LogP contribution in [0, 0.1) is 0 Å². The number of carbonyl (C=O) groups excluding carboxylic acids is 1. The molecular weight excluding hydrogens is 348 g/mol. The van der Waals surface area contributed by atoms with Crippen LogP contribution in [-0.4, -0.2) is 35.5 Å². The molecule has 3 heterocycles. The Morgan fingerprint density at radius 3 is 2.81 bits per heavy atom. The van der Waals surface area contributed by atoms with Gasteiger partial charge in [0, 0.05) is 6.54 Å². The number of hydrogen-bond acceptors (Lipinski definition) is 5. The molecule has 1 aliphatic heterocycles. The first kappa shape index (κ1) is 17.1. The van der Waals surface area contributed by atoms with Crippen molar-refractivity contribution in [3.8, 4) is 0 Å². The number of rotatable bonds is 5. The molecule has 1 saturated heterocycles. The summed E-state index contributed by atoms with van der Waals surface area (Å²) in [5.74, 6) is 0.896. The molecule has 2 N–H and O–H groups in total. The lowest BCUT2D eigenvalue weighted by Crippen LogP contribution is -2.41. The van der Waals surface area contributed by atoms with Crippen LogP contribution in [-0.2, 0) is 0 Å². The lowest BCUT2D eigenvalue weighted by atomic mass is 10.1. The second kappa shape index (κ2) is 7.88. The molecule has 4 rings (SSSR count). The number of carbonyl (C=O) groups is 1. The van der Waals surface area contributed by atoms with Crippen LogP contribution in [0.5, 0.6) is 0 Å². The minimum absolute atomic E-state index is 0.0615. The Kier molecular flexibility index (Phi) is 5.17. The highest BCUT2D eigenvalue weighted by Gasteiger charge is 2.25. The predicted octanol–water partition coefficient (Wildman–Crippen LogP) is 4.24. The quantitative estimate of drug-likeness (QED) is 0.705. The third-order valence-electron chi connectivity index (χ3n) is 4.67. The summed E-state index contributed by atoms with van der Waals surface area (Å²) in [6.45, 7) is 2.57. The first-order valence-electron chi connectivity index (χ1n) is 8.97. The van der Waals surface area contributed by atoms with Crippen molar-refractivity contribution in [2.24, 2.45) is 0 Å². The fraction of sp³-hybridized carbons (Fsp3) is 0.368. The topological polar surface area (TPSA) is 70.4 Å². The highest BCUT2D eigenvalue weighted by Crippen LogP contribution is 2.26. The largest absolute Gasteiger partial charge is 0.468 e. The van der Waals surface area contributed by atoms with E-state index >= 15 is 0 Å². The van der Waals surface area contributed by atoms with Gasteiger partial charge in [0.05, 0.1) is 22.5 Å². The van der Waals surface area contributed by atoms with Crippen molar-refractivity contribution < 1.29 is 9.21 Å². The minimum atomic E-state index is -0.238. The van der Waals surface area contributed by atoms with E-state index in [-0.39, 0.29) is 12.1 Å². The summed E-state index contributed by atoms with van der Waals surface area (Å²) in [4.78, 5) is 19.2. The summed E-state index contributed by atoms with van der Waals surface area (Å²) in [6, 6.07) is 11.6. The molecule has 7 heteroatoms. The van der Waals surface area contributed by atoms with Crippen molar-refractivity contribution in [2.75, 3.05) is 25.0 Å². The van der Waals surface area contributed by atoms with Crippen molar-refractivity contribution in [1.29, 1.82) is 0 Å². The van der Waals surface area contributed by atoms with E-state index in [2.05, 4.69) is 20.5 Å². The molecule has 1 fully saturated rings. The Labute approximate surface area is 156 Å². The number of para-hydroxylation sites is 1. The summed E-state index contributed by atoms with van der Waals surface area (Å²) in [5.41, 5.74) is 0.898. The molecule has 1 aliphatic rings. The number of piperidine rings is 1. The number of hydrogen-bond donors (Lipinski definition) is 2. The van der Waals surface area contributed by atoms with Crippen molar-refractivity contribution in [3.05, 3.63) is 48.4 Å². The van der Waals surface area contributed by atoms with Crippen LogP contribution in [0.1, 0.15) is 31.1 Å². The highest BCUT2D eigenvalue weighted by molar-refractivity contribution is 7.22. The number of aromatic nitrogens is 1. The van der Waals surface area contributed by atoms with E-state index in [0.29, 0.717) is 11.7 Å². The Morgan fingerprint density at radius 1 is 1.19 bits per heavy atom. The van der Waals surface area contributed by atoms with Crippen LogP contribution in [0.3, 0.4) is 0 Å². The van der Waals surface area contributed by atoms with Gasteiger partial charge < -0.3 is 9.73 Å². The van der Waals surface area contributed by atoms with Crippen LogP contribution in [0.4, 0.5) is 9.93 Å². The lowest BCUT2D eigenvalue weighted by molar-refractivity contribution is 0.144. The summed E-state index contributed by atoms with van der Waals surface area (Å²) >= 11 is 1.47. The third kappa shape index (κ3) is 3.89. The molecule has 1 aromatic carbocycles. The molecule has 0 bridgehead atoms. The zero-order valence-electron chi connectivity index (χ0n) is 14.5. The van der Waals surface area contributed by atoms with E-state index in [1.807, 2.05) is 36.4 Å². The number of anilines is 1. The van der Waals surface area contributed by atoms with Gasteiger partial charge in [-0.3, -0.25) is 10.2 Å². The molecule has 0 saturated carbocycles. The van der Waals surface area contributed by atoms with Crippen molar-refractivity contribution in [3.63, 3.8) is 0 Å². The average Bonchev–Trinajstić information content (AvgIpc) is 3.32. The molecule has 26 heavy (non-hydrogen) atoms. The molecule has 0 radical (unpaired) electrons. The fourth-order valence-electron chi connectivity index (χ4n) is 3.38. The highest BCUT2D eigenvalue weighted by atomic mass is 32.1. The first-order chi connectivity index (χ1) is 12.8. The standard InChI is InChI=1S/C19H22N4O2S/c24-18(22-19-21-14-7-2-3-9-17(14)26-19)20-13-15(16-8-6-12-25-16)23-10-4-1-5-11-23/h2-3,6-9,12,15H,1,4-5,10-11,13H2,(H2,20,21,22,24). The van der Waals surface area contributed by atoms with Crippen LogP contribution in [0.25, 0.3) is 10.2 Å². The van der Waals surface area contributed by atoms with E-state index in [4.69, 9.17) is 4.42 Å². The van der Waals surface area contributed by atoms with Gasteiger partial charge in [0.2, 0.25) is 0 Å². The zero-order valence-corrected chi connectivity index (χ0v) is 15.3. The van der Waals surface area contributed by atoms with Crippen LogP contribution < -0.4 is 10.6 Å². The smallest absolute Gasteiger partial charge is 0.321 e. The number of urea groups is 1. The average molecular weight is 370 g/mol. The first-order valence-corrected chi connectivity index (χ1v) is 9.79. The summed E-state index contributed by atoms with van der Waals surface area (Å²) in [7, 11) is 0. The van der Waals surface area contributed by atoms with Gasteiger partial charge in [-0.2, -0.15) is 0 Å². The monoisotopic (exact) mass is 370 g/mol. The maximum absolute atomic E-state index is 12.3. The number of likely N-dealkylation sites (tertiary alicyclic amines) is 1. The van der Waals surface area contributed by atoms with E-state index in [1.165, 1.54) is 30.6 Å². The molecule has 3 aromatic rings. The third-order valence-corrected chi connectivity index (χ3v) is 5.63. The van der Waals surface area contributed by atoms with Gasteiger partial charge in [-0.15, -0.1) is 0 Å². The second-order valence-electron chi connectivity index (χ2n) is 6.45. The molecule has 2 aromatic heterocycles. The summed E-state index contributed by atoms with van der Waals surface area (Å²) < 4.78 is 6.68. The van der Waals surface area contributed by atoms with Gasteiger partial charge in [-0.25, -0.2) is 9.78 Å². The fourth-order valence-corrected chi connectivity index (χ4v) is 4.24. The Balaban J connectivity index is 1.39. The van der Waals surface area contributed by atoms with Gasteiger partial charge >= 0.3 is 6.03 Å². The molecular formula is C19H22N4O2S. The Hall–Kier alpha value is -2.38. The van der Waals surface area contributed by atoms with Crippen molar-refractivity contribution >= 4 is 32.7 Å². The normalized spacial score (nSPS) is 16.5. The van der Waals surface area contributed by atoms with Gasteiger partial charge in [0.1, 0.15) is 5.76 Å². The number of furan rings is 1. The Morgan fingerprint density at radius 2 is 2.04 bits per heavy atom. The van der Waals surface area contributed by atoms with Crippen molar-refractivity contribution in [2.45, 2.75) is 25.3 Å². The van der Waals surface area contributed by atoms with Crippen LogP contribution in [0.2, 0.25) is 0 Å². The molecule has 1 unspecified atom stereocenters. The number of fused-ring (bicyclic) bond motifs is 1. The number of benzene rings is 1. The molecule has 136 valence electrons. The van der Waals surface area contributed by atoms with E-state index in [0.717, 1.165) is 29.1 Å². The predicted molar refractivity (Wildman–Crippen MR) is 104 cm³/mol. The van der Waals surface area contributed by atoms with Crippen molar-refractivity contribution in [1.82, 2.24) is 15.2 Å². The Bertz CT molecular complexity index is 822. The summed E-state index contributed by atoms with van der Waals surface area (Å²) in [5, 5.41) is 6.43. The van der Waals surface area contributed by atoms with Crippen LogP contribution in [0.15, 0.2) is 47.1 Å². The SMILES string of the molecule is O=C(NCC(c1ccco1)N1CCCCC1)Nc1nc2ccccc2s1. The van der Waals surface area contributed by atoms with E-state index in [9.17, 15) is 4.79 Å². The molecule has 0 aliphatic carbocycles. The number of thiazole rings is 1. The van der Waals surface area contributed by atoms with E-state index < -0.39 is 0 Å². The minimum Gasteiger partial charge on any atom is -0.468 e. The van der Waals surface area contributed by atoms with Crippen LogP contribution >= 0.6 is 11.3 Å².